The van der Waals surface area contributed by atoms with E-state index in [-0.39, 0.29) is 18.2 Å². The van der Waals surface area contributed by atoms with Crippen molar-refractivity contribution in [2.45, 2.75) is 32.9 Å². The molecule has 1 aromatic carbocycles. The van der Waals surface area contributed by atoms with Gasteiger partial charge in [-0.15, -0.1) is 0 Å². The first-order chi connectivity index (χ1) is 8.56. The molecule has 1 rings (SSSR count). The van der Waals surface area contributed by atoms with E-state index in [1.807, 2.05) is 6.07 Å². The molecule has 0 spiro atoms. The Bertz CT molecular complexity index is 426. The quantitative estimate of drug-likeness (QED) is 0.813. The van der Waals surface area contributed by atoms with Crippen molar-refractivity contribution >= 4 is 0 Å². The minimum Gasteiger partial charge on any atom is -0.395 e. The van der Waals surface area contributed by atoms with Crippen LogP contribution in [0.1, 0.15) is 31.4 Å². The molecule has 0 fully saturated rings. The van der Waals surface area contributed by atoms with Gasteiger partial charge in [0, 0.05) is 12.6 Å². The van der Waals surface area contributed by atoms with Crippen LogP contribution < -0.4 is 5.32 Å². The maximum absolute atomic E-state index is 13.1. The van der Waals surface area contributed by atoms with E-state index in [0.717, 1.165) is 12.0 Å². The molecule has 1 atom stereocenters. The number of nitrogens with zero attached hydrogens (tertiary/aromatic N) is 1. The monoisotopic (exact) mass is 250 g/mol. The smallest absolute Gasteiger partial charge is 0.140 e. The van der Waals surface area contributed by atoms with Gasteiger partial charge in [0.1, 0.15) is 11.9 Å². The molecule has 0 heterocycles. The molecule has 0 saturated carbocycles. The summed E-state index contributed by atoms with van der Waals surface area (Å²) in [5, 5.41) is 21.2. The lowest BCUT2D eigenvalue weighted by molar-refractivity contribution is 0.223. The molecule has 4 heteroatoms. The van der Waals surface area contributed by atoms with E-state index >= 15 is 0 Å². The van der Waals surface area contributed by atoms with E-state index in [9.17, 15) is 9.50 Å². The Morgan fingerprint density at radius 2 is 2.17 bits per heavy atom. The highest BCUT2D eigenvalue weighted by atomic mass is 19.1. The predicted molar refractivity (Wildman–Crippen MR) is 68.3 cm³/mol. The van der Waals surface area contributed by atoms with E-state index < -0.39 is 5.82 Å². The van der Waals surface area contributed by atoms with Crippen LogP contribution in [-0.2, 0) is 6.54 Å². The van der Waals surface area contributed by atoms with Crippen LogP contribution in [0.15, 0.2) is 18.2 Å². The normalized spacial score (nSPS) is 12.4. The molecule has 0 saturated heterocycles. The van der Waals surface area contributed by atoms with Gasteiger partial charge in [-0.05, 0) is 30.0 Å². The summed E-state index contributed by atoms with van der Waals surface area (Å²) in [7, 11) is 0. The molecule has 1 unspecified atom stereocenters. The van der Waals surface area contributed by atoms with Crippen molar-refractivity contribution in [1.82, 2.24) is 5.32 Å². The van der Waals surface area contributed by atoms with Crippen molar-refractivity contribution in [3.63, 3.8) is 0 Å². The van der Waals surface area contributed by atoms with Crippen LogP contribution in [0.5, 0.6) is 0 Å². The number of hydrogen-bond donors (Lipinski definition) is 2. The van der Waals surface area contributed by atoms with Gasteiger partial charge in [0.15, 0.2) is 0 Å². The number of aliphatic hydroxyl groups excluding tert-OH is 1. The average Bonchev–Trinajstić information content (AvgIpc) is 2.35. The number of halogens is 1. The molecule has 0 aromatic heterocycles. The zero-order valence-corrected chi connectivity index (χ0v) is 10.8. The zero-order chi connectivity index (χ0) is 13.5. The summed E-state index contributed by atoms with van der Waals surface area (Å²) in [6, 6.07) is 6.32. The maximum atomic E-state index is 13.1. The van der Waals surface area contributed by atoms with Gasteiger partial charge in [0.05, 0.1) is 12.2 Å². The first-order valence-corrected chi connectivity index (χ1v) is 6.09. The number of benzene rings is 1. The summed E-state index contributed by atoms with van der Waals surface area (Å²) in [5.41, 5.74) is 0.897. The maximum Gasteiger partial charge on any atom is 0.140 e. The summed E-state index contributed by atoms with van der Waals surface area (Å²) < 4.78 is 13.1. The van der Waals surface area contributed by atoms with Gasteiger partial charge in [-0.25, -0.2) is 4.39 Å². The third-order valence-electron chi connectivity index (χ3n) is 2.72. The Labute approximate surface area is 107 Å². The number of hydrogen-bond acceptors (Lipinski definition) is 3. The summed E-state index contributed by atoms with van der Waals surface area (Å²) >= 11 is 0. The predicted octanol–water partition coefficient (Wildman–Crippen LogP) is 2.19. The largest absolute Gasteiger partial charge is 0.395 e. The van der Waals surface area contributed by atoms with E-state index in [1.54, 1.807) is 6.07 Å². The molecule has 0 radical (unpaired) electrons. The second kappa shape index (κ2) is 7.10. The van der Waals surface area contributed by atoms with Crippen LogP contribution >= 0.6 is 0 Å². The third kappa shape index (κ3) is 4.44. The molecule has 1 aromatic rings. The highest BCUT2D eigenvalue weighted by Crippen LogP contribution is 2.10. The topological polar surface area (TPSA) is 56.0 Å². The Hall–Kier alpha value is -1.44. The molecule has 98 valence electrons. The van der Waals surface area contributed by atoms with E-state index in [1.165, 1.54) is 12.1 Å². The van der Waals surface area contributed by atoms with Crippen molar-refractivity contribution in [3.05, 3.63) is 35.1 Å². The van der Waals surface area contributed by atoms with Gasteiger partial charge in [0.2, 0.25) is 0 Å². The van der Waals surface area contributed by atoms with E-state index in [0.29, 0.717) is 12.5 Å². The summed E-state index contributed by atoms with van der Waals surface area (Å²) in [6.07, 6.45) is 0.878. The Balaban J connectivity index is 2.60. The number of rotatable bonds is 6. The molecule has 0 aliphatic carbocycles. The number of aliphatic hydroxyl groups is 1. The van der Waals surface area contributed by atoms with Crippen molar-refractivity contribution in [3.8, 4) is 6.07 Å². The van der Waals surface area contributed by atoms with E-state index in [2.05, 4.69) is 19.2 Å². The molecule has 3 nitrogen and oxygen atoms in total. The van der Waals surface area contributed by atoms with Gasteiger partial charge < -0.3 is 10.4 Å². The van der Waals surface area contributed by atoms with Crippen LogP contribution in [0, 0.1) is 23.1 Å². The van der Waals surface area contributed by atoms with Crippen molar-refractivity contribution in [2.75, 3.05) is 6.61 Å². The fraction of sp³-hybridized carbons (Fsp3) is 0.500. The lowest BCUT2D eigenvalue weighted by Crippen LogP contribution is -2.33. The van der Waals surface area contributed by atoms with Crippen LogP contribution in [0.4, 0.5) is 4.39 Å². The molecular formula is C14H19FN2O. The van der Waals surface area contributed by atoms with Gasteiger partial charge in [0.25, 0.3) is 0 Å². The second-order valence-corrected chi connectivity index (χ2v) is 4.82. The van der Waals surface area contributed by atoms with Gasteiger partial charge in [-0.3, -0.25) is 0 Å². The Kier molecular flexibility index (Phi) is 5.76. The zero-order valence-electron chi connectivity index (χ0n) is 10.8. The Morgan fingerprint density at radius 1 is 1.44 bits per heavy atom. The summed E-state index contributed by atoms with van der Waals surface area (Å²) in [4.78, 5) is 0. The molecule has 0 bridgehead atoms. The SMILES string of the molecule is CC(C)CC(CO)NCc1ccc(F)c(C#N)c1. The van der Waals surface area contributed by atoms with Crippen molar-refractivity contribution < 1.29 is 9.50 Å². The van der Waals surface area contributed by atoms with Crippen molar-refractivity contribution in [2.24, 2.45) is 5.92 Å². The third-order valence-corrected chi connectivity index (χ3v) is 2.72. The van der Waals surface area contributed by atoms with E-state index in [4.69, 9.17) is 5.26 Å². The molecule has 2 N–H and O–H groups in total. The minimum atomic E-state index is -0.498. The minimum absolute atomic E-state index is 0.0283. The molecule has 0 amide bonds. The summed E-state index contributed by atoms with van der Waals surface area (Å²) in [6.45, 7) is 4.78. The van der Waals surface area contributed by atoms with Gasteiger partial charge in [-0.1, -0.05) is 19.9 Å². The van der Waals surface area contributed by atoms with Crippen LogP contribution in [0.2, 0.25) is 0 Å². The number of nitriles is 1. The highest BCUT2D eigenvalue weighted by Gasteiger charge is 2.09. The molecular weight excluding hydrogens is 231 g/mol. The molecule has 0 aliphatic rings. The fourth-order valence-electron chi connectivity index (χ4n) is 1.82. The lowest BCUT2D eigenvalue weighted by atomic mass is 10.0. The lowest BCUT2D eigenvalue weighted by Gasteiger charge is -2.18. The fourth-order valence-corrected chi connectivity index (χ4v) is 1.82. The van der Waals surface area contributed by atoms with Gasteiger partial charge in [-0.2, -0.15) is 5.26 Å². The standard InChI is InChI=1S/C14H19FN2O/c1-10(2)5-13(9-18)17-8-11-3-4-14(15)12(6-11)7-16/h3-4,6,10,13,17-18H,5,8-9H2,1-2H3. The van der Waals surface area contributed by atoms with Gasteiger partial charge >= 0.3 is 0 Å². The second-order valence-electron chi connectivity index (χ2n) is 4.82. The Morgan fingerprint density at radius 3 is 2.72 bits per heavy atom. The number of nitrogens with one attached hydrogen (secondary N) is 1. The first-order valence-electron chi connectivity index (χ1n) is 6.09. The average molecular weight is 250 g/mol. The van der Waals surface area contributed by atoms with Crippen LogP contribution in [0.25, 0.3) is 0 Å². The molecule has 0 aliphatic heterocycles. The first kappa shape index (κ1) is 14.6. The van der Waals surface area contributed by atoms with Crippen LogP contribution in [0.3, 0.4) is 0 Å². The highest BCUT2D eigenvalue weighted by molar-refractivity contribution is 5.34. The van der Waals surface area contributed by atoms with Crippen LogP contribution in [-0.4, -0.2) is 17.8 Å². The molecule has 18 heavy (non-hydrogen) atoms. The summed E-state index contributed by atoms with van der Waals surface area (Å²) in [5.74, 6) is -0.000300. The van der Waals surface area contributed by atoms with Crippen molar-refractivity contribution in [1.29, 1.82) is 5.26 Å².